The number of amides is 3. The zero-order valence-corrected chi connectivity index (χ0v) is 26.8. The number of hydrogen-bond acceptors (Lipinski definition) is 7. The van der Waals surface area contributed by atoms with Gasteiger partial charge in [0.1, 0.15) is 11.9 Å². The van der Waals surface area contributed by atoms with E-state index in [1.54, 1.807) is 80.6 Å². The molecule has 0 bridgehead atoms. The van der Waals surface area contributed by atoms with E-state index in [2.05, 4.69) is 10.0 Å². The number of carbonyl (C=O) groups is 3. The van der Waals surface area contributed by atoms with Gasteiger partial charge < -0.3 is 16.0 Å². The molecule has 1 aliphatic rings. The lowest BCUT2D eigenvalue weighted by Crippen LogP contribution is -2.51. The molecule has 4 aromatic rings. The maximum absolute atomic E-state index is 14.2. The zero-order chi connectivity index (χ0) is 33.1. The highest BCUT2D eigenvalue weighted by molar-refractivity contribution is 7.99. The van der Waals surface area contributed by atoms with Crippen LogP contribution in [0.3, 0.4) is 0 Å². The van der Waals surface area contributed by atoms with E-state index in [4.69, 9.17) is 5.73 Å². The first-order valence-electron chi connectivity index (χ1n) is 14.4. The molecule has 1 aliphatic heterocycles. The minimum absolute atomic E-state index is 0.0254. The normalized spacial score (nSPS) is 15.1. The first-order valence-corrected chi connectivity index (χ1v) is 16.9. The summed E-state index contributed by atoms with van der Waals surface area (Å²) in [5.41, 5.74) is 7.64. The average molecular weight is 661 g/mol. The Kier molecular flexibility index (Phi) is 9.61. The van der Waals surface area contributed by atoms with Crippen molar-refractivity contribution in [3.8, 4) is 11.1 Å². The molecule has 0 saturated heterocycles. The lowest BCUT2D eigenvalue weighted by atomic mass is 10.0. The first-order chi connectivity index (χ1) is 21.8. The van der Waals surface area contributed by atoms with Gasteiger partial charge in [-0.1, -0.05) is 60.7 Å². The van der Waals surface area contributed by atoms with Crippen LogP contribution < -0.4 is 20.7 Å². The third kappa shape index (κ3) is 7.82. The predicted octanol–water partition coefficient (Wildman–Crippen LogP) is 4.86. The van der Waals surface area contributed by atoms with E-state index in [0.29, 0.717) is 27.3 Å². The van der Waals surface area contributed by atoms with Gasteiger partial charge in [0.05, 0.1) is 17.1 Å². The number of nitrogens with one attached hydrogen (secondary N) is 2. The standard InChI is InChI=1S/C34H33FN4O5S2/c1-34(2,36)19-31(40)37-27-21-45-29-18-25(35)16-17-28(29)39(33(27)42)20-22-12-14-23(15-13-22)26-10-6-7-11-30(26)46(43,44)38-32(41)24-8-4-3-5-9-24/h3-18,27H,19-21,36H2,1-2H3,(H,37,40)(H,38,41)/t27-/m1/s1. The van der Waals surface area contributed by atoms with Crippen LogP contribution in [-0.2, 0) is 26.2 Å². The van der Waals surface area contributed by atoms with Gasteiger partial charge in [0.15, 0.2) is 0 Å². The Bertz CT molecular complexity index is 1880. The lowest BCUT2D eigenvalue weighted by Gasteiger charge is -2.27. The molecule has 0 aromatic heterocycles. The SMILES string of the molecule is CC(C)(N)CC(=O)N[C@@H]1CSc2cc(F)ccc2N(Cc2ccc(-c3ccccc3S(=O)(=O)NC(=O)c3ccccc3)cc2)C1=O. The molecule has 0 spiro atoms. The summed E-state index contributed by atoms with van der Waals surface area (Å²) < 4.78 is 42.9. The quantitative estimate of drug-likeness (QED) is 0.233. The van der Waals surface area contributed by atoms with Crippen molar-refractivity contribution in [3.63, 3.8) is 0 Å². The fourth-order valence-corrected chi connectivity index (χ4v) is 7.34. The number of anilines is 1. The number of nitrogens with zero attached hydrogens (tertiary/aromatic N) is 1. The third-order valence-electron chi connectivity index (χ3n) is 7.18. The number of thioether (sulfide) groups is 1. The molecule has 9 nitrogen and oxygen atoms in total. The second-order valence-electron chi connectivity index (χ2n) is 11.6. The number of hydrogen-bond donors (Lipinski definition) is 3. The van der Waals surface area contributed by atoms with E-state index >= 15 is 0 Å². The van der Waals surface area contributed by atoms with Crippen LogP contribution in [0.2, 0.25) is 0 Å². The van der Waals surface area contributed by atoms with Crippen molar-refractivity contribution in [2.75, 3.05) is 10.7 Å². The lowest BCUT2D eigenvalue weighted by molar-refractivity contribution is -0.127. The molecule has 46 heavy (non-hydrogen) atoms. The zero-order valence-electron chi connectivity index (χ0n) is 25.2. The van der Waals surface area contributed by atoms with Crippen LogP contribution in [0.5, 0.6) is 0 Å². The molecule has 0 aliphatic carbocycles. The number of benzene rings is 4. The van der Waals surface area contributed by atoms with E-state index in [0.717, 1.165) is 0 Å². The number of halogens is 1. The molecule has 0 unspecified atom stereocenters. The van der Waals surface area contributed by atoms with Crippen LogP contribution in [0.25, 0.3) is 11.1 Å². The first kappa shape index (κ1) is 32.9. The van der Waals surface area contributed by atoms with Crippen molar-refractivity contribution in [3.05, 3.63) is 114 Å². The summed E-state index contributed by atoms with van der Waals surface area (Å²) in [6.07, 6.45) is 0.0254. The molecule has 0 fully saturated rings. The molecule has 238 valence electrons. The second-order valence-corrected chi connectivity index (χ2v) is 14.3. The maximum Gasteiger partial charge on any atom is 0.264 e. The Morgan fingerprint density at radius 2 is 1.65 bits per heavy atom. The Morgan fingerprint density at radius 3 is 2.35 bits per heavy atom. The minimum atomic E-state index is -4.22. The topological polar surface area (TPSA) is 139 Å². The Labute approximate surface area is 271 Å². The molecule has 0 saturated carbocycles. The van der Waals surface area contributed by atoms with Crippen molar-refractivity contribution in [1.29, 1.82) is 0 Å². The molecular formula is C34H33FN4O5S2. The molecule has 5 rings (SSSR count). The van der Waals surface area contributed by atoms with Gasteiger partial charge in [-0.15, -0.1) is 11.8 Å². The van der Waals surface area contributed by atoms with E-state index in [1.165, 1.54) is 47.0 Å². The monoisotopic (exact) mass is 660 g/mol. The van der Waals surface area contributed by atoms with Gasteiger partial charge in [-0.05, 0) is 61.4 Å². The number of nitrogens with two attached hydrogens (primary N) is 1. The third-order valence-corrected chi connectivity index (χ3v) is 9.71. The van der Waals surface area contributed by atoms with Gasteiger partial charge >= 0.3 is 0 Å². The summed E-state index contributed by atoms with van der Waals surface area (Å²) in [6, 6.07) is 24.7. The van der Waals surface area contributed by atoms with Gasteiger partial charge in [0, 0.05) is 33.7 Å². The van der Waals surface area contributed by atoms with Gasteiger partial charge in [-0.2, -0.15) is 0 Å². The van der Waals surface area contributed by atoms with Crippen LogP contribution >= 0.6 is 11.8 Å². The molecule has 0 radical (unpaired) electrons. The molecule has 12 heteroatoms. The van der Waals surface area contributed by atoms with E-state index in [-0.39, 0.29) is 41.0 Å². The fourth-order valence-electron chi connectivity index (χ4n) is 5.04. The molecule has 3 amide bonds. The van der Waals surface area contributed by atoms with Crippen LogP contribution in [0.4, 0.5) is 10.1 Å². The number of rotatable bonds is 9. The summed E-state index contributed by atoms with van der Waals surface area (Å²) in [7, 11) is -4.22. The van der Waals surface area contributed by atoms with Crippen LogP contribution in [-0.4, -0.2) is 43.5 Å². The predicted molar refractivity (Wildman–Crippen MR) is 176 cm³/mol. The summed E-state index contributed by atoms with van der Waals surface area (Å²) in [5.74, 6) is -1.68. The smallest absolute Gasteiger partial charge is 0.264 e. The maximum atomic E-state index is 14.2. The molecule has 4 aromatic carbocycles. The van der Waals surface area contributed by atoms with Crippen LogP contribution in [0.1, 0.15) is 36.2 Å². The molecule has 1 atom stereocenters. The highest BCUT2D eigenvalue weighted by atomic mass is 32.2. The van der Waals surface area contributed by atoms with Crippen LogP contribution in [0, 0.1) is 5.82 Å². The van der Waals surface area contributed by atoms with E-state index < -0.39 is 33.3 Å². The Balaban J connectivity index is 1.40. The van der Waals surface area contributed by atoms with Gasteiger partial charge in [0.2, 0.25) is 5.91 Å². The van der Waals surface area contributed by atoms with E-state index in [9.17, 15) is 27.2 Å². The number of sulfonamides is 1. The molecular weight excluding hydrogens is 628 g/mol. The summed E-state index contributed by atoms with van der Waals surface area (Å²) in [4.78, 5) is 41.1. The van der Waals surface area contributed by atoms with Gasteiger partial charge in [-0.25, -0.2) is 17.5 Å². The number of carbonyl (C=O) groups excluding carboxylic acids is 3. The summed E-state index contributed by atoms with van der Waals surface area (Å²) >= 11 is 1.28. The van der Waals surface area contributed by atoms with Gasteiger partial charge in [-0.3, -0.25) is 14.4 Å². The van der Waals surface area contributed by atoms with Crippen molar-refractivity contribution in [2.24, 2.45) is 5.73 Å². The fraction of sp³-hybridized carbons (Fsp3) is 0.206. The Morgan fingerprint density at radius 1 is 0.978 bits per heavy atom. The highest BCUT2D eigenvalue weighted by Crippen LogP contribution is 2.36. The second kappa shape index (κ2) is 13.5. The molecule has 1 heterocycles. The largest absolute Gasteiger partial charge is 0.343 e. The van der Waals surface area contributed by atoms with Crippen molar-refractivity contribution in [2.45, 2.75) is 48.2 Å². The minimum Gasteiger partial charge on any atom is -0.343 e. The number of fused-ring (bicyclic) bond motifs is 1. The molecule has 4 N–H and O–H groups in total. The van der Waals surface area contributed by atoms with Crippen molar-refractivity contribution >= 4 is 45.2 Å². The summed E-state index contributed by atoms with van der Waals surface area (Å²) in [5, 5.41) is 2.79. The Hall–Kier alpha value is -4.52. The van der Waals surface area contributed by atoms with Crippen molar-refractivity contribution in [1.82, 2.24) is 10.0 Å². The van der Waals surface area contributed by atoms with Gasteiger partial charge in [0.25, 0.3) is 21.8 Å². The van der Waals surface area contributed by atoms with Crippen LogP contribution in [0.15, 0.2) is 107 Å². The average Bonchev–Trinajstić information content (AvgIpc) is 3.13. The summed E-state index contributed by atoms with van der Waals surface area (Å²) in [6.45, 7) is 3.55. The van der Waals surface area contributed by atoms with Crippen molar-refractivity contribution < 1.29 is 27.2 Å². The highest BCUT2D eigenvalue weighted by Gasteiger charge is 2.33. The van der Waals surface area contributed by atoms with E-state index in [1.807, 2.05) is 0 Å².